The molecule has 0 aliphatic carbocycles. The van der Waals surface area contributed by atoms with Crippen LogP contribution in [0.2, 0.25) is 0 Å². The maximum absolute atomic E-state index is 12.1. The number of hydrogen-bond donors (Lipinski definition) is 1. The molecule has 4 heteroatoms. The molecule has 0 spiro atoms. The van der Waals surface area contributed by atoms with Crippen molar-refractivity contribution in [3.05, 3.63) is 12.2 Å². The molecular weight excluding hydrogens is 364 g/mol. The third-order valence-electron chi connectivity index (χ3n) is 5.22. The van der Waals surface area contributed by atoms with Gasteiger partial charge in [-0.1, -0.05) is 70.9 Å². The van der Waals surface area contributed by atoms with E-state index in [1.54, 1.807) is 0 Å². The minimum absolute atomic E-state index is 0.00133. The molecule has 0 aliphatic heterocycles. The predicted octanol–water partition coefficient (Wildman–Crippen LogP) is 7.60. The number of esters is 1. The Hall–Kier alpha value is -1.32. The average molecular weight is 411 g/mol. The summed E-state index contributed by atoms with van der Waals surface area (Å²) in [5.41, 5.74) is 0. The molecule has 0 saturated carbocycles. The smallest absolute Gasteiger partial charge is 0.306 e. The number of aliphatic carboxylic acids is 1. The summed E-state index contributed by atoms with van der Waals surface area (Å²) in [6.45, 7) is 4.34. The van der Waals surface area contributed by atoms with E-state index in [0.29, 0.717) is 12.8 Å². The lowest BCUT2D eigenvalue weighted by atomic mass is 10.1. The van der Waals surface area contributed by atoms with E-state index in [4.69, 9.17) is 9.84 Å². The molecule has 0 rings (SSSR count). The first-order valence-electron chi connectivity index (χ1n) is 12.2. The maximum Gasteiger partial charge on any atom is 0.306 e. The van der Waals surface area contributed by atoms with Crippen LogP contribution in [-0.2, 0) is 14.3 Å². The molecule has 1 N–H and O–H groups in total. The van der Waals surface area contributed by atoms with Gasteiger partial charge in [-0.2, -0.15) is 0 Å². The zero-order valence-electron chi connectivity index (χ0n) is 19.1. The second-order valence-corrected chi connectivity index (χ2v) is 8.17. The quantitative estimate of drug-likeness (QED) is 0.120. The Bertz CT molecular complexity index is 417. The van der Waals surface area contributed by atoms with E-state index in [0.717, 1.165) is 44.9 Å². The molecule has 0 amide bonds. The number of hydrogen-bond acceptors (Lipinski definition) is 3. The Balaban J connectivity index is 3.64. The first-order chi connectivity index (χ1) is 14.1. The van der Waals surface area contributed by atoms with Gasteiger partial charge in [0.1, 0.15) is 6.10 Å². The highest BCUT2D eigenvalue weighted by Crippen LogP contribution is 2.15. The number of allylic oxidation sites excluding steroid dienone is 2. The van der Waals surface area contributed by atoms with E-state index in [1.807, 2.05) is 0 Å². The van der Waals surface area contributed by atoms with Gasteiger partial charge in [-0.15, -0.1) is 0 Å². The molecule has 0 saturated heterocycles. The standard InChI is InChI=1S/C25H46O4/c1-3-5-6-7-8-9-10-11-12-13-14-18-22-25(28)29-23(19-4-2)20-16-15-17-21-24(26)27/h8-9,23H,3-7,10-22H2,1-2H3,(H,26,27)/b9-8-. The largest absolute Gasteiger partial charge is 0.481 e. The Morgan fingerprint density at radius 2 is 1.31 bits per heavy atom. The molecule has 29 heavy (non-hydrogen) atoms. The number of unbranched alkanes of at least 4 members (excludes halogenated alkanes) is 10. The van der Waals surface area contributed by atoms with Crippen LogP contribution in [0.1, 0.15) is 129 Å². The Morgan fingerprint density at radius 3 is 1.97 bits per heavy atom. The summed E-state index contributed by atoms with van der Waals surface area (Å²) in [7, 11) is 0. The third-order valence-corrected chi connectivity index (χ3v) is 5.22. The number of carbonyl (C=O) groups is 2. The van der Waals surface area contributed by atoms with Crippen LogP contribution in [0.3, 0.4) is 0 Å². The molecule has 0 aromatic carbocycles. The van der Waals surface area contributed by atoms with Gasteiger partial charge in [0.15, 0.2) is 0 Å². The molecule has 1 atom stereocenters. The predicted molar refractivity (Wildman–Crippen MR) is 121 cm³/mol. The second-order valence-electron chi connectivity index (χ2n) is 8.17. The third kappa shape index (κ3) is 21.2. The molecule has 0 bridgehead atoms. The van der Waals surface area contributed by atoms with Gasteiger partial charge < -0.3 is 9.84 Å². The highest BCUT2D eigenvalue weighted by Gasteiger charge is 2.13. The molecule has 0 aromatic heterocycles. The van der Waals surface area contributed by atoms with Crippen molar-refractivity contribution in [3.63, 3.8) is 0 Å². The van der Waals surface area contributed by atoms with Gasteiger partial charge in [0, 0.05) is 12.8 Å². The fourth-order valence-electron chi connectivity index (χ4n) is 3.46. The maximum atomic E-state index is 12.1. The number of carboxylic acid groups (broad SMARTS) is 1. The van der Waals surface area contributed by atoms with Crippen molar-refractivity contribution in [1.82, 2.24) is 0 Å². The molecule has 1 unspecified atom stereocenters. The van der Waals surface area contributed by atoms with Crippen LogP contribution in [0, 0.1) is 0 Å². The number of carbonyl (C=O) groups excluding carboxylic acids is 1. The van der Waals surface area contributed by atoms with Gasteiger partial charge in [-0.3, -0.25) is 9.59 Å². The summed E-state index contributed by atoms with van der Waals surface area (Å²) in [4.78, 5) is 22.6. The van der Waals surface area contributed by atoms with Crippen LogP contribution in [-0.4, -0.2) is 23.1 Å². The van der Waals surface area contributed by atoms with Crippen molar-refractivity contribution in [2.24, 2.45) is 0 Å². The van der Waals surface area contributed by atoms with Crippen LogP contribution in [0.15, 0.2) is 12.2 Å². The molecule has 0 aliphatic rings. The minimum atomic E-state index is -0.736. The fraction of sp³-hybridized carbons (Fsp3) is 0.840. The van der Waals surface area contributed by atoms with Crippen molar-refractivity contribution in [2.75, 3.05) is 0 Å². The van der Waals surface area contributed by atoms with Gasteiger partial charge >= 0.3 is 11.9 Å². The molecule has 0 heterocycles. The van der Waals surface area contributed by atoms with Crippen LogP contribution >= 0.6 is 0 Å². The zero-order chi connectivity index (χ0) is 21.6. The van der Waals surface area contributed by atoms with Crippen molar-refractivity contribution in [1.29, 1.82) is 0 Å². The Labute approximate surface area is 179 Å². The van der Waals surface area contributed by atoms with Gasteiger partial charge in [0.2, 0.25) is 0 Å². The molecule has 0 aromatic rings. The Kier molecular flexibility index (Phi) is 20.4. The van der Waals surface area contributed by atoms with Crippen molar-refractivity contribution in [3.8, 4) is 0 Å². The van der Waals surface area contributed by atoms with Crippen LogP contribution in [0.5, 0.6) is 0 Å². The topological polar surface area (TPSA) is 63.6 Å². The lowest BCUT2D eigenvalue weighted by Gasteiger charge is -2.17. The highest BCUT2D eigenvalue weighted by molar-refractivity contribution is 5.69. The molecule has 170 valence electrons. The molecule has 4 nitrogen and oxygen atoms in total. The first-order valence-corrected chi connectivity index (χ1v) is 12.2. The van der Waals surface area contributed by atoms with Crippen molar-refractivity contribution < 1.29 is 19.4 Å². The number of rotatable bonds is 21. The van der Waals surface area contributed by atoms with Crippen LogP contribution < -0.4 is 0 Å². The fourth-order valence-corrected chi connectivity index (χ4v) is 3.46. The van der Waals surface area contributed by atoms with E-state index in [1.165, 1.54) is 51.4 Å². The van der Waals surface area contributed by atoms with E-state index in [-0.39, 0.29) is 18.5 Å². The highest BCUT2D eigenvalue weighted by atomic mass is 16.5. The van der Waals surface area contributed by atoms with E-state index >= 15 is 0 Å². The summed E-state index contributed by atoms with van der Waals surface area (Å²) in [5, 5.41) is 8.66. The lowest BCUT2D eigenvalue weighted by molar-refractivity contribution is -0.150. The monoisotopic (exact) mass is 410 g/mol. The summed E-state index contributed by atoms with van der Waals surface area (Å²) in [6, 6.07) is 0. The zero-order valence-corrected chi connectivity index (χ0v) is 19.1. The SMILES string of the molecule is CCCCC/C=C\CCCCCCCC(=O)OC(CCC)CCCCCC(=O)O. The summed E-state index contributed by atoms with van der Waals surface area (Å²) in [6.07, 6.45) is 22.7. The van der Waals surface area contributed by atoms with E-state index < -0.39 is 5.97 Å². The summed E-state index contributed by atoms with van der Waals surface area (Å²) < 4.78 is 5.65. The average Bonchev–Trinajstić information content (AvgIpc) is 2.68. The van der Waals surface area contributed by atoms with Crippen molar-refractivity contribution >= 4 is 11.9 Å². The second kappa shape index (κ2) is 21.4. The van der Waals surface area contributed by atoms with Gasteiger partial charge in [0.25, 0.3) is 0 Å². The number of ether oxygens (including phenoxy) is 1. The number of carboxylic acids is 1. The molecular formula is C25H46O4. The van der Waals surface area contributed by atoms with Crippen LogP contribution in [0.25, 0.3) is 0 Å². The van der Waals surface area contributed by atoms with Gasteiger partial charge in [-0.25, -0.2) is 0 Å². The normalized spacial score (nSPS) is 12.3. The van der Waals surface area contributed by atoms with E-state index in [9.17, 15) is 9.59 Å². The molecule has 0 radical (unpaired) electrons. The summed E-state index contributed by atoms with van der Waals surface area (Å²) in [5.74, 6) is -0.801. The lowest BCUT2D eigenvalue weighted by Crippen LogP contribution is -2.18. The van der Waals surface area contributed by atoms with Crippen LogP contribution in [0.4, 0.5) is 0 Å². The first kappa shape index (κ1) is 27.7. The Morgan fingerprint density at radius 1 is 0.724 bits per heavy atom. The van der Waals surface area contributed by atoms with Gasteiger partial charge in [-0.05, 0) is 57.8 Å². The molecule has 0 fully saturated rings. The van der Waals surface area contributed by atoms with E-state index in [2.05, 4.69) is 26.0 Å². The summed E-state index contributed by atoms with van der Waals surface area (Å²) >= 11 is 0. The minimum Gasteiger partial charge on any atom is -0.481 e. The van der Waals surface area contributed by atoms with Crippen molar-refractivity contribution in [2.45, 2.75) is 136 Å². The van der Waals surface area contributed by atoms with Gasteiger partial charge in [0.05, 0.1) is 0 Å².